The van der Waals surface area contributed by atoms with E-state index in [2.05, 4.69) is 0 Å². The maximum Gasteiger partial charge on any atom is 0.309 e. The fraction of sp³-hybridized carbons (Fsp3) is 0.778. The lowest BCUT2D eigenvalue weighted by atomic mass is 9.89. The highest BCUT2D eigenvalue weighted by Gasteiger charge is 2.31. The van der Waals surface area contributed by atoms with E-state index in [1.54, 1.807) is 0 Å². The Kier molecular flexibility index (Phi) is 4.56. The monoisotopic (exact) mass is 203 g/mol. The summed E-state index contributed by atoms with van der Waals surface area (Å²) < 4.78 is 0. The van der Waals surface area contributed by atoms with Crippen LogP contribution < -0.4 is 0 Å². The molecular formula is C9H17NO4. The van der Waals surface area contributed by atoms with Crippen LogP contribution in [0.15, 0.2) is 0 Å². The van der Waals surface area contributed by atoms with Crippen LogP contribution in [0.2, 0.25) is 0 Å². The van der Waals surface area contributed by atoms with Crippen molar-refractivity contribution in [1.82, 2.24) is 4.90 Å². The number of aliphatic hydroxyl groups excluding tert-OH is 1. The maximum atomic E-state index is 11.4. The number of carboxylic acids is 1. The summed E-state index contributed by atoms with van der Waals surface area (Å²) in [5.74, 6) is -1.27. The van der Waals surface area contributed by atoms with Crippen LogP contribution >= 0.6 is 0 Å². The van der Waals surface area contributed by atoms with Crippen LogP contribution in [-0.2, 0) is 9.59 Å². The lowest BCUT2D eigenvalue weighted by Crippen LogP contribution is -2.36. The molecule has 1 amide bonds. The fourth-order valence-corrected chi connectivity index (χ4v) is 0.863. The molecule has 0 aliphatic heterocycles. The molecule has 0 atom stereocenters. The van der Waals surface area contributed by atoms with Gasteiger partial charge in [0.1, 0.15) is 0 Å². The summed E-state index contributed by atoms with van der Waals surface area (Å²) in [6, 6.07) is 0. The second kappa shape index (κ2) is 4.95. The highest BCUT2D eigenvalue weighted by atomic mass is 16.4. The summed E-state index contributed by atoms with van der Waals surface area (Å²) >= 11 is 0. The number of carboxylic acid groups (broad SMARTS) is 1. The molecular weight excluding hydrogens is 186 g/mol. The number of aliphatic carboxylic acids is 1. The normalized spacial score (nSPS) is 11.1. The van der Waals surface area contributed by atoms with Gasteiger partial charge >= 0.3 is 5.97 Å². The van der Waals surface area contributed by atoms with Crippen LogP contribution in [0.25, 0.3) is 0 Å². The Balaban J connectivity index is 4.24. The van der Waals surface area contributed by atoms with E-state index in [-0.39, 0.29) is 25.5 Å². The first-order chi connectivity index (χ1) is 6.31. The molecule has 0 aromatic rings. The lowest BCUT2D eigenvalue weighted by Gasteiger charge is -2.22. The number of rotatable bonds is 5. The summed E-state index contributed by atoms with van der Waals surface area (Å²) in [6.45, 7) is 3.12. The Morgan fingerprint density at radius 3 is 2.21 bits per heavy atom. The number of likely N-dealkylation sites (N-methyl/N-ethyl adjacent to an activating group) is 1. The van der Waals surface area contributed by atoms with Gasteiger partial charge in [0.2, 0.25) is 5.91 Å². The van der Waals surface area contributed by atoms with Crippen LogP contribution in [0.4, 0.5) is 0 Å². The lowest BCUT2D eigenvalue weighted by molar-refractivity contribution is -0.151. The average molecular weight is 203 g/mol. The Bertz CT molecular complexity index is 225. The van der Waals surface area contributed by atoms with E-state index in [1.807, 2.05) is 0 Å². The van der Waals surface area contributed by atoms with Crippen LogP contribution in [0, 0.1) is 5.41 Å². The van der Waals surface area contributed by atoms with Gasteiger partial charge in [-0.1, -0.05) is 0 Å². The summed E-state index contributed by atoms with van der Waals surface area (Å²) in [5.41, 5.74) is -1.05. The number of aliphatic hydroxyl groups is 1. The van der Waals surface area contributed by atoms with Crippen LogP contribution in [0.3, 0.4) is 0 Å². The van der Waals surface area contributed by atoms with Crippen LogP contribution in [-0.4, -0.2) is 47.2 Å². The molecule has 0 bridgehead atoms. The molecule has 0 saturated carbocycles. The molecule has 0 unspecified atom stereocenters. The average Bonchev–Trinajstić information content (AvgIpc) is 2.03. The second-order valence-electron chi connectivity index (χ2n) is 3.90. The van der Waals surface area contributed by atoms with Crippen molar-refractivity contribution in [3.8, 4) is 0 Å². The van der Waals surface area contributed by atoms with Crippen molar-refractivity contribution >= 4 is 11.9 Å². The van der Waals surface area contributed by atoms with Crippen LogP contribution in [0.1, 0.15) is 20.3 Å². The topological polar surface area (TPSA) is 77.8 Å². The third-order valence-corrected chi connectivity index (χ3v) is 2.03. The highest BCUT2D eigenvalue weighted by molar-refractivity contribution is 5.84. The molecule has 0 heterocycles. The van der Waals surface area contributed by atoms with E-state index in [1.165, 1.54) is 25.8 Å². The number of nitrogens with zero attached hydrogens (tertiary/aromatic N) is 1. The Hall–Kier alpha value is -1.10. The number of hydrogen-bond acceptors (Lipinski definition) is 3. The van der Waals surface area contributed by atoms with E-state index in [0.717, 1.165) is 0 Å². The first-order valence-electron chi connectivity index (χ1n) is 4.39. The van der Waals surface area contributed by atoms with Crippen molar-refractivity contribution in [1.29, 1.82) is 0 Å². The summed E-state index contributed by atoms with van der Waals surface area (Å²) in [7, 11) is 1.54. The van der Waals surface area contributed by atoms with Gasteiger partial charge in [0, 0.05) is 20.0 Å². The van der Waals surface area contributed by atoms with E-state index in [4.69, 9.17) is 10.2 Å². The molecule has 0 rings (SSSR count). The molecule has 82 valence electrons. The van der Waals surface area contributed by atoms with E-state index in [0.29, 0.717) is 0 Å². The van der Waals surface area contributed by atoms with Crippen molar-refractivity contribution in [2.45, 2.75) is 20.3 Å². The zero-order valence-electron chi connectivity index (χ0n) is 8.78. The predicted molar refractivity (Wildman–Crippen MR) is 50.8 cm³/mol. The molecule has 2 N–H and O–H groups in total. The third-order valence-electron chi connectivity index (χ3n) is 2.03. The fourth-order valence-electron chi connectivity index (χ4n) is 0.863. The Labute approximate surface area is 83.3 Å². The molecule has 0 aliphatic carbocycles. The van der Waals surface area contributed by atoms with E-state index < -0.39 is 11.4 Å². The van der Waals surface area contributed by atoms with Gasteiger partial charge in [-0.15, -0.1) is 0 Å². The van der Waals surface area contributed by atoms with Gasteiger partial charge in [-0.2, -0.15) is 0 Å². The maximum absolute atomic E-state index is 11.4. The molecule has 0 radical (unpaired) electrons. The van der Waals surface area contributed by atoms with Crippen molar-refractivity contribution in [2.24, 2.45) is 5.41 Å². The van der Waals surface area contributed by atoms with Crippen LogP contribution in [0.5, 0.6) is 0 Å². The van der Waals surface area contributed by atoms with E-state index in [9.17, 15) is 9.59 Å². The van der Waals surface area contributed by atoms with Gasteiger partial charge in [-0.05, 0) is 13.8 Å². The minimum atomic E-state index is -1.05. The molecule has 5 nitrogen and oxygen atoms in total. The van der Waals surface area contributed by atoms with Gasteiger partial charge in [0.25, 0.3) is 0 Å². The minimum absolute atomic E-state index is 0.0567. The zero-order valence-corrected chi connectivity index (χ0v) is 8.78. The number of carbonyl (C=O) groups excluding carboxylic acids is 1. The van der Waals surface area contributed by atoms with Gasteiger partial charge in [0.15, 0.2) is 0 Å². The summed E-state index contributed by atoms with van der Waals surface area (Å²) in [4.78, 5) is 23.4. The molecule has 0 aliphatic rings. The van der Waals surface area contributed by atoms with E-state index >= 15 is 0 Å². The first-order valence-corrected chi connectivity index (χ1v) is 4.39. The van der Waals surface area contributed by atoms with Gasteiger partial charge in [0.05, 0.1) is 12.0 Å². The number of amides is 1. The molecule has 5 heteroatoms. The molecule has 0 saturated heterocycles. The molecule has 14 heavy (non-hydrogen) atoms. The van der Waals surface area contributed by atoms with Gasteiger partial charge in [-0.25, -0.2) is 0 Å². The number of carbonyl (C=O) groups is 2. The SMILES string of the molecule is CN(CCO)C(=O)CC(C)(C)C(=O)O. The largest absolute Gasteiger partial charge is 0.481 e. The Morgan fingerprint density at radius 2 is 1.86 bits per heavy atom. The Morgan fingerprint density at radius 1 is 1.36 bits per heavy atom. The second-order valence-corrected chi connectivity index (χ2v) is 3.90. The number of hydrogen-bond donors (Lipinski definition) is 2. The summed E-state index contributed by atoms with van der Waals surface area (Å²) in [5, 5.41) is 17.4. The third kappa shape index (κ3) is 3.74. The highest BCUT2D eigenvalue weighted by Crippen LogP contribution is 2.21. The van der Waals surface area contributed by atoms with Gasteiger partial charge in [-0.3, -0.25) is 9.59 Å². The molecule has 0 spiro atoms. The van der Waals surface area contributed by atoms with Crippen molar-refractivity contribution < 1.29 is 19.8 Å². The molecule has 0 aromatic carbocycles. The molecule has 0 aromatic heterocycles. The van der Waals surface area contributed by atoms with Crippen molar-refractivity contribution in [2.75, 3.05) is 20.2 Å². The first kappa shape index (κ1) is 12.9. The zero-order chi connectivity index (χ0) is 11.4. The van der Waals surface area contributed by atoms with Crippen molar-refractivity contribution in [3.63, 3.8) is 0 Å². The predicted octanol–water partition coefficient (Wildman–Crippen LogP) is -0.0620. The van der Waals surface area contributed by atoms with Crippen molar-refractivity contribution in [3.05, 3.63) is 0 Å². The quantitative estimate of drug-likeness (QED) is 0.656. The van der Waals surface area contributed by atoms with Gasteiger partial charge < -0.3 is 15.1 Å². The molecule has 0 fully saturated rings. The summed E-state index contributed by atoms with van der Waals surface area (Å²) in [6.07, 6.45) is -0.0567. The standard InChI is InChI=1S/C9H17NO4/c1-9(2,8(13)14)6-7(12)10(3)4-5-11/h11H,4-6H2,1-3H3,(H,13,14). The smallest absolute Gasteiger partial charge is 0.309 e. The minimum Gasteiger partial charge on any atom is -0.481 e.